The van der Waals surface area contributed by atoms with Crippen LogP contribution in [0.1, 0.15) is 30.5 Å². The summed E-state index contributed by atoms with van der Waals surface area (Å²) in [6.45, 7) is 0. The van der Waals surface area contributed by atoms with Crippen molar-refractivity contribution in [2.75, 3.05) is 5.32 Å². The molecule has 1 N–H and O–H groups in total. The summed E-state index contributed by atoms with van der Waals surface area (Å²) in [5.74, 6) is 6.52. The topological polar surface area (TPSA) is 42.0 Å². The fraction of sp³-hybridized carbons (Fsp3) is 0.200. The number of carbonyl (C=O) groups excluding carboxylic acids is 1. The molecule has 1 aliphatic rings. The van der Waals surface area contributed by atoms with Gasteiger partial charge in [0.15, 0.2) is 0 Å². The van der Waals surface area contributed by atoms with Gasteiger partial charge in [-0.15, -0.1) is 0 Å². The van der Waals surface area contributed by atoms with Crippen molar-refractivity contribution in [2.24, 2.45) is 5.92 Å². The maximum absolute atomic E-state index is 12.1. The monoisotopic (exact) mass is 302 g/mol. The summed E-state index contributed by atoms with van der Waals surface area (Å²) < 4.78 is 0. The summed E-state index contributed by atoms with van der Waals surface area (Å²) >= 11 is 0. The van der Waals surface area contributed by atoms with Gasteiger partial charge in [-0.25, -0.2) is 4.98 Å². The number of rotatable bonds is 3. The van der Waals surface area contributed by atoms with Crippen LogP contribution in [0.5, 0.6) is 0 Å². The van der Waals surface area contributed by atoms with Gasteiger partial charge in [-0.3, -0.25) is 4.79 Å². The molecule has 114 valence electrons. The molecule has 1 atom stereocenters. The van der Waals surface area contributed by atoms with E-state index >= 15 is 0 Å². The van der Waals surface area contributed by atoms with Gasteiger partial charge in [0.1, 0.15) is 5.69 Å². The molecule has 0 radical (unpaired) electrons. The third kappa shape index (κ3) is 4.55. The number of hydrogen-bond acceptors (Lipinski definition) is 2. The van der Waals surface area contributed by atoms with E-state index < -0.39 is 0 Å². The van der Waals surface area contributed by atoms with Gasteiger partial charge in [0, 0.05) is 23.9 Å². The van der Waals surface area contributed by atoms with Crippen molar-refractivity contribution in [3.05, 3.63) is 72.1 Å². The molecule has 1 aromatic carbocycles. The minimum absolute atomic E-state index is 0.0522. The second kappa shape index (κ2) is 7.42. The Bertz CT molecular complexity index is 769. The first-order chi connectivity index (χ1) is 11.3. The van der Waals surface area contributed by atoms with E-state index in [-0.39, 0.29) is 5.91 Å². The van der Waals surface area contributed by atoms with E-state index in [1.165, 1.54) is 0 Å². The van der Waals surface area contributed by atoms with Crippen LogP contribution in [0.3, 0.4) is 0 Å². The Balaban J connectivity index is 1.64. The SMILES string of the molecule is O=C(C[C@H]1C=CCC1)Nc1cccc(C#Cc2ccccn2)c1. The molecule has 0 fully saturated rings. The number of nitrogens with zero attached hydrogens (tertiary/aromatic N) is 1. The Labute approximate surface area is 136 Å². The van der Waals surface area contributed by atoms with Crippen LogP contribution >= 0.6 is 0 Å². The van der Waals surface area contributed by atoms with E-state index in [4.69, 9.17) is 0 Å². The fourth-order valence-corrected chi connectivity index (χ4v) is 2.56. The van der Waals surface area contributed by atoms with E-state index in [1.54, 1.807) is 6.20 Å². The Hall–Kier alpha value is -2.86. The van der Waals surface area contributed by atoms with Gasteiger partial charge in [-0.05, 0) is 55.0 Å². The van der Waals surface area contributed by atoms with Gasteiger partial charge < -0.3 is 5.32 Å². The Morgan fingerprint density at radius 1 is 1.22 bits per heavy atom. The molecule has 1 heterocycles. The van der Waals surface area contributed by atoms with Gasteiger partial charge in [0.05, 0.1) is 0 Å². The number of hydrogen-bond donors (Lipinski definition) is 1. The van der Waals surface area contributed by atoms with Gasteiger partial charge in [0.25, 0.3) is 0 Å². The number of nitrogens with one attached hydrogen (secondary N) is 1. The zero-order chi connectivity index (χ0) is 15.9. The van der Waals surface area contributed by atoms with E-state index in [1.807, 2.05) is 42.5 Å². The zero-order valence-corrected chi connectivity index (χ0v) is 12.8. The van der Waals surface area contributed by atoms with Crippen LogP contribution in [-0.2, 0) is 4.79 Å². The van der Waals surface area contributed by atoms with Crippen LogP contribution in [0.2, 0.25) is 0 Å². The smallest absolute Gasteiger partial charge is 0.224 e. The average molecular weight is 302 g/mol. The number of amides is 1. The van der Waals surface area contributed by atoms with Crippen LogP contribution in [0.25, 0.3) is 0 Å². The summed E-state index contributed by atoms with van der Waals surface area (Å²) in [5, 5.41) is 2.95. The minimum Gasteiger partial charge on any atom is -0.326 e. The summed E-state index contributed by atoms with van der Waals surface area (Å²) in [6.07, 6.45) is 8.69. The molecule has 1 aromatic heterocycles. The first-order valence-electron chi connectivity index (χ1n) is 7.79. The van der Waals surface area contributed by atoms with Crippen LogP contribution in [-0.4, -0.2) is 10.9 Å². The first kappa shape index (κ1) is 15.1. The van der Waals surface area contributed by atoms with Crippen molar-refractivity contribution in [3.8, 4) is 11.8 Å². The van der Waals surface area contributed by atoms with E-state index in [2.05, 4.69) is 34.3 Å². The molecule has 0 aliphatic heterocycles. The third-order valence-corrected chi connectivity index (χ3v) is 3.71. The van der Waals surface area contributed by atoms with Crippen LogP contribution in [0, 0.1) is 17.8 Å². The summed E-state index contributed by atoms with van der Waals surface area (Å²) in [6, 6.07) is 13.2. The predicted octanol–water partition coefficient (Wildman–Crippen LogP) is 3.78. The van der Waals surface area contributed by atoms with Gasteiger partial charge in [-0.1, -0.05) is 30.2 Å². The Kier molecular flexibility index (Phi) is 4.85. The van der Waals surface area contributed by atoms with Crippen molar-refractivity contribution >= 4 is 11.6 Å². The molecule has 1 aliphatic carbocycles. The van der Waals surface area contributed by atoms with Crippen LogP contribution in [0.15, 0.2) is 60.8 Å². The quantitative estimate of drug-likeness (QED) is 0.692. The molecule has 0 saturated heterocycles. The van der Waals surface area contributed by atoms with Crippen molar-refractivity contribution in [2.45, 2.75) is 19.3 Å². The van der Waals surface area contributed by atoms with Crippen LogP contribution < -0.4 is 5.32 Å². The Morgan fingerprint density at radius 3 is 2.96 bits per heavy atom. The lowest BCUT2D eigenvalue weighted by Crippen LogP contribution is -2.14. The molecule has 0 unspecified atom stereocenters. The molecule has 3 heteroatoms. The van der Waals surface area contributed by atoms with Gasteiger partial charge in [-0.2, -0.15) is 0 Å². The van der Waals surface area contributed by atoms with Gasteiger partial charge >= 0.3 is 0 Å². The molecule has 3 nitrogen and oxygen atoms in total. The second-order valence-corrected chi connectivity index (χ2v) is 5.56. The lowest BCUT2D eigenvalue weighted by atomic mass is 10.0. The minimum atomic E-state index is 0.0522. The van der Waals surface area contributed by atoms with Crippen molar-refractivity contribution in [1.82, 2.24) is 4.98 Å². The van der Waals surface area contributed by atoms with E-state index in [9.17, 15) is 4.79 Å². The van der Waals surface area contributed by atoms with E-state index in [0.717, 1.165) is 29.8 Å². The number of allylic oxidation sites excluding steroid dienone is 2. The van der Waals surface area contributed by atoms with E-state index in [0.29, 0.717) is 12.3 Å². The molecule has 0 bridgehead atoms. The summed E-state index contributed by atoms with van der Waals surface area (Å²) in [4.78, 5) is 16.2. The number of benzene rings is 1. The lowest BCUT2D eigenvalue weighted by Gasteiger charge is -2.08. The van der Waals surface area contributed by atoms with Crippen molar-refractivity contribution in [1.29, 1.82) is 0 Å². The maximum atomic E-state index is 12.1. The highest BCUT2D eigenvalue weighted by Crippen LogP contribution is 2.21. The fourth-order valence-electron chi connectivity index (χ4n) is 2.56. The highest BCUT2D eigenvalue weighted by Gasteiger charge is 2.13. The molecule has 0 spiro atoms. The zero-order valence-electron chi connectivity index (χ0n) is 12.8. The molecule has 3 rings (SSSR count). The lowest BCUT2D eigenvalue weighted by molar-refractivity contribution is -0.116. The third-order valence-electron chi connectivity index (χ3n) is 3.71. The molecular formula is C20H18N2O. The number of pyridine rings is 1. The molecule has 23 heavy (non-hydrogen) atoms. The van der Waals surface area contributed by atoms with Gasteiger partial charge in [0.2, 0.25) is 5.91 Å². The largest absolute Gasteiger partial charge is 0.326 e. The molecular weight excluding hydrogens is 284 g/mol. The normalized spacial score (nSPS) is 15.7. The molecule has 1 amide bonds. The first-order valence-corrected chi connectivity index (χ1v) is 7.79. The average Bonchev–Trinajstić information content (AvgIpc) is 3.07. The number of carbonyl (C=O) groups is 1. The Morgan fingerprint density at radius 2 is 2.17 bits per heavy atom. The highest BCUT2D eigenvalue weighted by atomic mass is 16.1. The predicted molar refractivity (Wildman–Crippen MR) is 91.8 cm³/mol. The number of anilines is 1. The summed E-state index contributed by atoms with van der Waals surface area (Å²) in [5.41, 5.74) is 2.37. The highest BCUT2D eigenvalue weighted by molar-refractivity contribution is 5.91. The number of aromatic nitrogens is 1. The van der Waals surface area contributed by atoms with Crippen molar-refractivity contribution in [3.63, 3.8) is 0 Å². The standard InChI is InChI=1S/C20H18N2O/c23-20(15-16-6-1-2-7-16)22-19-10-5-8-17(14-19)11-12-18-9-3-4-13-21-18/h1,3-6,8-10,13-14,16H,2,7,15H2,(H,22,23)/t16-/m0/s1. The van der Waals surface area contributed by atoms with Crippen LogP contribution in [0.4, 0.5) is 5.69 Å². The second-order valence-electron chi connectivity index (χ2n) is 5.56. The maximum Gasteiger partial charge on any atom is 0.224 e. The summed E-state index contributed by atoms with van der Waals surface area (Å²) in [7, 11) is 0. The molecule has 2 aromatic rings. The molecule has 0 saturated carbocycles. The van der Waals surface area contributed by atoms with Crippen molar-refractivity contribution < 1.29 is 4.79 Å².